The van der Waals surface area contributed by atoms with E-state index in [0.717, 1.165) is 42.3 Å². The normalized spacial score (nSPS) is 25.9. The zero-order valence-corrected chi connectivity index (χ0v) is 15.0. The van der Waals surface area contributed by atoms with Crippen LogP contribution < -0.4 is 0 Å². The number of allylic oxidation sites excluding steroid dienone is 10. The van der Waals surface area contributed by atoms with Crippen molar-refractivity contribution < 1.29 is 18.0 Å². The fourth-order valence-electron chi connectivity index (χ4n) is 3.69. The van der Waals surface area contributed by atoms with Crippen LogP contribution in [0, 0.1) is 5.41 Å². The lowest BCUT2D eigenvalue weighted by Gasteiger charge is -2.41. The second-order valence-corrected chi connectivity index (χ2v) is 7.23. The third kappa shape index (κ3) is 4.62. The minimum atomic E-state index is -4.25. The van der Waals surface area contributed by atoms with E-state index >= 15 is 0 Å². The number of carbonyl (C=O) groups excluding carboxylic acids is 1. The lowest BCUT2D eigenvalue weighted by molar-refractivity contribution is -0.104. The van der Waals surface area contributed by atoms with E-state index in [9.17, 15) is 18.0 Å². The van der Waals surface area contributed by atoms with Gasteiger partial charge in [0.05, 0.1) is 0 Å². The van der Waals surface area contributed by atoms with Gasteiger partial charge in [-0.2, -0.15) is 13.2 Å². The number of hydrogen-bond donors (Lipinski definition) is 0. The lowest BCUT2D eigenvalue weighted by atomic mass is 9.64. The molecule has 0 aromatic heterocycles. The summed E-state index contributed by atoms with van der Waals surface area (Å²) in [6, 6.07) is 0. The summed E-state index contributed by atoms with van der Waals surface area (Å²) in [5.74, 6) is 0. The summed E-state index contributed by atoms with van der Waals surface area (Å²) in [6.45, 7) is 5.71. The molecular weight excluding hydrogens is 325 g/mol. The highest BCUT2D eigenvalue weighted by atomic mass is 19.4. The average Bonchev–Trinajstić information content (AvgIpc) is 2.52. The van der Waals surface area contributed by atoms with E-state index in [1.54, 1.807) is 6.08 Å². The van der Waals surface area contributed by atoms with Gasteiger partial charge in [0.25, 0.3) is 0 Å². The van der Waals surface area contributed by atoms with Crippen LogP contribution >= 0.6 is 0 Å². The van der Waals surface area contributed by atoms with Crippen molar-refractivity contribution >= 4 is 6.29 Å². The van der Waals surface area contributed by atoms with Gasteiger partial charge in [-0.1, -0.05) is 31.2 Å². The van der Waals surface area contributed by atoms with Crippen LogP contribution in [0.15, 0.2) is 58.2 Å². The minimum absolute atomic E-state index is 0.122. The first kappa shape index (κ1) is 19.5. The zero-order chi connectivity index (χ0) is 18.7. The molecule has 0 saturated heterocycles. The van der Waals surface area contributed by atoms with Crippen molar-refractivity contribution in [3.63, 3.8) is 0 Å². The molecule has 0 amide bonds. The molecule has 25 heavy (non-hydrogen) atoms. The maximum absolute atomic E-state index is 13.4. The van der Waals surface area contributed by atoms with E-state index in [1.165, 1.54) is 6.08 Å². The topological polar surface area (TPSA) is 17.1 Å². The highest BCUT2D eigenvalue weighted by Crippen LogP contribution is 2.52. The van der Waals surface area contributed by atoms with Gasteiger partial charge in [-0.05, 0) is 79.7 Å². The third-order valence-corrected chi connectivity index (χ3v) is 5.28. The van der Waals surface area contributed by atoms with Crippen LogP contribution in [-0.2, 0) is 4.79 Å². The summed E-state index contributed by atoms with van der Waals surface area (Å²) in [6.07, 6.45) is 8.38. The summed E-state index contributed by atoms with van der Waals surface area (Å²) >= 11 is 0. The highest BCUT2D eigenvalue weighted by molar-refractivity contribution is 5.67. The summed E-state index contributed by atoms with van der Waals surface area (Å²) in [4.78, 5) is 10.4. The SMILES string of the molecule is CC(/C=C/C=C(\C)C1=CC2=C(C(F)(F)F)CCCC2(C)CC1)=C\C=O. The molecule has 1 nitrogen and oxygen atoms in total. The summed E-state index contributed by atoms with van der Waals surface area (Å²) in [7, 11) is 0. The Morgan fingerprint density at radius 2 is 1.88 bits per heavy atom. The minimum Gasteiger partial charge on any atom is -0.299 e. The Labute approximate surface area is 147 Å². The van der Waals surface area contributed by atoms with E-state index < -0.39 is 6.18 Å². The van der Waals surface area contributed by atoms with Crippen molar-refractivity contribution in [2.75, 3.05) is 0 Å². The molecule has 0 N–H and O–H groups in total. The quantitative estimate of drug-likeness (QED) is 0.325. The fourth-order valence-corrected chi connectivity index (χ4v) is 3.69. The Balaban J connectivity index is 2.36. The van der Waals surface area contributed by atoms with E-state index in [-0.39, 0.29) is 17.4 Å². The van der Waals surface area contributed by atoms with Crippen molar-refractivity contribution in [1.29, 1.82) is 0 Å². The Hall–Kier alpha value is -1.84. The van der Waals surface area contributed by atoms with E-state index in [1.807, 2.05) is 39.0 Å². The molecule has 4 heteroatoms. The Morgan fingerprint density at radius 1 is 1.16 bits per heavy atom. The van der Waals surface area contributed by atoms with Gasteiger partial charge >= 0.3 is 6.18 Å². The molecule has 1 atom stereocenters. The molecule has 1 unspecified atom stereocenters. The molecular formula is C21H25F3O. The number of hydrogen-bond acceptors (Lipinski definition) is 1. The molecule has 0 saturated carbocycles. The maximum Gasteiger partial charge on any atom is 0.412 e. The Kier molecular flexibility index (Phi) is 5.91. The van der Waals surface area contributed by atoms with Crippen LogP contribution in [0.1, 0.15) is 52.9 Å². The predicted molar refractivity (Wildman–Crippen MR) is 95.1 cm³/mol. The molecule has 0 radical (unpaired) electrons. The molecule has 0 aliphatic heterocycles. The number of halogens is 3. The van der Waals surface area contributed by atoms with E-state index in [4.69, 9.17) is 0 Å². The standard InChI is InChI=1S/C21H25F3O/c1-15(10-13-25)6-4-7-16(2)17-9-12-20(3)11-5-8-18(19(20)14-17)21(22,23)24/h4,6-7,10,13-14H,5,8-9,11-12H2,1-3H3/b6-4+,15-10+,16-7+. The van der Waals surface area contributed by atoms with Crippen molar-refractivity contribution in [2.24, 2.45) is 5.41 Å². The molecule has 2 aliphatic rings. The summed E-state index contributed by atoms with van der Waals surface area (Å²) in [5, 5.41) is 0. The van der Waals surface area contributed by atoms with Gasteiger partial charge in [-0.25, -0.2) is 0 Å². The van der Waals surface area contributed by atoms with E-state index in [0.29, 0.717) is 12.0 Å². The van der Waals surface area contributed by atoms with Crippen LogP contribution in [0.5, 0.6) is 0 Å². The number of aldehydes is 1. The molecule has 0 bridgehead atoms. The van der Waals surface area contributed by atoms with Gasteiger partial charge in [0.2, 0.25) is 0 Å². The van der Waals surface area contributed by atoms with Crippen molar-refractivity contribution in [1.82, 2.24) is 0 Å². The van der Waals surface area contributed by atoms with Crippen LogP contribution in [0.25, 0.3) is 0 Å². The Morgan fingerprint density at radius 3 is 2.52 bits per heavy atom. The first-order valence-corrected chi connectivity index (χ1v) is 8.66. The molecule has 136 valence electrons. The van der Waals surface area contributed by atoms with Gasteiger partial charge < -0.3 is 0 Å². The van der Waals surface area contributed by atoms with Crippen LogP contribution in [0.2, 0.25) is 0 Å². The molecule has 0 fully saturated rings. The van der Waals surface area contributed by atoms with E-state index in [2.05, 4.69) is 0 Å². The smallest absolute Gasteiger partial charge is 0.299 e. The van der Waals surface area contributed by atoms with Gasteiger partial charge in [0, 0.05) is 5.57 Å². The largest absolute Gasteiger partial charge is 0.412 e. The first-order valence-electron chi connectivity index (χ1n) is 8.66. The molecule has 2 aliphatic carbocycles. The number of carbonyl (C=O) groups is 1. The Bertz CT molecular complexity index is 686. The van der Waals surface area contributed by atoms with Crippen LogP contribution in [-0.4, -0.2) is 12.5 Å². The summed E-state index contributed by atoms with van der Waals surface area (Å²) < 4.78 is 40.3. The molecule has 0 aromatic carbocycles. The summed E-state index contributed by atoms with van der Waals surface area (Å²) in [5.41, 5.74) is 2.56. The second-order valence-electron chi connectivity index (χ2n) is 7.23. The van der Waals surface area contributed by atoms with Gasteiger partial charge in [-0.3, -0.25) is 4.79 Å². The first-order chi connectivity index (χ1) is 11.7. The second kappa shape index (κ2) is 7.59. The maximum atomic E-state index is 13.4. The van der Waals surface area contributed by atoms with Crippen LogP contribution in [0.3, 0.4) is 0 Å². The average molecular weight is 350 g/mol. The fraction of sp³-hybridized carbons (Fsp3) is 0.476. The molecule has 0 heterocycles. The number of alkyl halides is 3. The number of rotatable bonds is 4. The van der Waals surface area contributed by atoms with Crippen molar-refractivity contribution in [2.45, 2.75) is 59.1 Å². The van der Waals surface area contributed by atoms with Gasteiger partial charge in [0.1, 0.15) is 6.29 Å². The number of fused-ring (bicyclic) bond motifs is 1. The molecule has 0 spiro atoms. The molecule has 0 aromatic rings. The monoisotopic (exact) mass is 350 g/mol. The lowest BCUT2D eigenvalue weighted by Crippen LogP contribution is -2.31. The zero-order valence-electron chi connectivity index (χ0n) is 15.0. The molecule has 2 rings (SSSR count). The third-order valence-electron chi connectivity index (χ3n) is 5.28. The predicted octanol–water partition coefficient (Wildman–Crippen LogP) is 6.40. The van der Waals surface area contributed by atoms with Crippen LogP contribution in [0.4, 0.5) is 13.2 Å². The van der Waals surface area contributed by atoms with Crippen molar-refractivity contribution in [3.8, 4) is 0 Å². The van der Waals surface area contributed by atoms with Gasteiger partial charge in [-0.15, -0.1) is 0 Å². The highest BCUT2D eigenvalue weighted by Gasteiger charge is 2.44. The van der Waals surface area contributed by atoms with Gasteiger partial charge in [0.15, 0.2) is 0 Å². The van der Waals surface area contributed by atoms with Crippen molar-refractivity contribution in [3.05, 3.63) is 58.2 Å².